The summed E-state index contributed by atoms with van der Waals surface area (Å²) in [7, 11) is 0. The Morgan fingerprint density at radius 1 is 1.26 bits per heavy atom. The number of benzene rings is 2. The molecule has 0 radical (unpaired) electrons. The van der Waals surface area contributed by atoms with E-state index in [0.29, 0.717) is 5.56 Å². The van der Waals surface area contributed by atoms with Gasteiger partial charge in [-0.05, 0) is 36.8 Å². The number of aryl methyl sites for hydroxylation is 1. The number of hydrogen-bond acceptors (Lipinski definition) is 5. The Morgan fingerprint density at radius 2 is 2.03 bits per heavy atom. The van der Waals surface area contributed by atoms with Gasteiger partial charge in [-0.2, -0.15) is 10.5 Å². The zero-order chi connectivity index (χ0) is 22.3. The van der Waals surface area contributed by atoms with Gasteiger partial charge in [0.05, 0.1) is 40.7 Å². The van der Waals surface area contributed by atoms with Crippen molar-refractivity contribution < 1.29 is 18.3 Å². The Morgan fingerprint density at radius 3 is 2.74 bits per heavy atom. The van der Waals surface area contributed by atoms with Crippen molar-refractivity contribution in [3.05, 3.63) is 74.1 Å². The molecule has 3 aromatic rings. The van der Waals surface area contributed by atoms with E-state index in [1.54, 1.807) is 6.07 Å². The molecule has 0 fully saturated rings. The summed E-state index contributed by atoms with van der Waals surface area (Å²) in [5.74, 6) is -1.80. The fraction of sp³-hybridized carbons (Fsp3) is 0.182. The van der Waals surface area contributed by atoms with Crippen LogP contribution in [0.1, 0.15) is 33.9 Å². The van der Waals surface area contributed by atoms with E-state index in [2.05, 4.69) is 10.3 Å². The molecule has 1 aliphatic rings. The number of aromatic amines is 1. The number of rotatable bonds is 3. The molecule has 0 unspecified atom stereocenters. The highest BCUT2D eigenvalue weighted by molar-refractivity contribution is 5.90. The molecule has 1 amide bonds. The molecule has 0 saturated carbocycles. The van der Waals surface area contributed by atoms with Crippen LogP contribution in [0.2, 0.25) is 0 Å². The van der Waals surface area contributed by atoms with Gasteiger partial charge in [0.1, 0.15) is 30.1 Å². The van der Waals surface area contributed by atoms with Crippen LogP contribution in [0.4, 0.5) is 8.78 Å². The second kappa shape index (κ2) is 7.54. The Hall–Kier alpha value is -4.24. The molecule has 1 atom stereocenters. The zero-order valence-corrected chi connectivity index (χ0v) is 16.2. The molecule has 0 saturated heterocycles. The first-order valence-corrected chi connectivity index (χ1v) is 9.23. The summed E-state index contributed by atoms with van der Waals surface area (Å²) in [5, 5.41) is 21.1. The third-order valence-corrected chi connectivity index (χ3v) is 5.26. The summed E-state index contributed by atoms with van der Waals surface area (Å²) in [4.78, 5) is 27.7. The first kappa shape index (κ1) is 20.0. The quantitative estimate of drug-likeness (QED) is 0.675. The van der Waals surface area contributed by atoms with Crippen LogP contribution in [0.3, 0.4) is 0 Å². The second-order valence-electron chi connectivity index (χ2n) is 7.10. The van der Waals surface area contributed by atoms with Crippen molar-refractivity contribution in [1.29, 1.82) is 10.5 Å². The third-order valence-electron chi connectivity index (χ3n) is 5.26. The van der Waals surface area contributed by atoms with Gasteiger partial charge in [0, 0.05) is 10.9 Å². The number of amides is 1. The Labute approximate surface area is 174 Å². The molecule has 0 bridgehead atoms. The number of carbonyl (C=O) groups is 1. The largest absolute Gasteiger partial charge is 0.491 e. The van der Waals surface area contributed by atoms with Crippen LogP contribution >= 0.6 is 0 Å². The van der Waals surface area contributed by atoms with Crippen molar-refractivity contribution >= 4 is 16.8 Å². The molecule has 2 aromatic carbocycles. The molecule has 4 rings (SSSR count). The number of carbonyl (C=O) groups excluding carboxylic acids is 1. The van der Waals surface area contributed by atoms with Crippen LogP contribution in [-0.2, 0) is 11.2 Å². The molecule has 1 aliphatic heterocycles. The molecule has 0 aliphatic carbocycles. The highest BCUT2D eigenvalue weighted by Crippen LogP contribution is 2.35. The van der Waals surface area contributed by atoms with Gasteiger partial charge in [-0.3, -0.25) is 9.59 Å². The maximum atomic E-state index is 14.4. The lowest BCUT2D eigenvalue weighted by atomic mass is 9.98. The SMILES string of the molecule is Cc1c(CC(=O)N[C@@H]2COc3cc(C#N)cc(F)c32)c(=O)[nH]c2ccc(F)c(C#N)c12. The molecular formula is C22H14F2N4O3. The number of aromatic nitrogens is 1. The lowest BCUT2D eigenvalue weighted by molar-refractivity contribution is -0.121. The predicted octanol–water partition coefficient (Wildman–Crippen LogP) is 2.65. The van der Waals surface area contributed by atoms with Crippen molar-refractivity contribution in [2.45, 2.75) is 19.4 Å². The molecule has 2 heterocycles. The smallest absolute Gasteiger partial charge is 0.252 e. The Balaban J connectivity index is 1.65. The number of pyridine rings is 1. The molecule has 0 spiro atoms. The number of H-pyrrole nitrogens is 1. The van der Waals surface area contributed by atoms with Crippen molar-refractivity contribution in [2.24, 2.45) is 0 Å². The van der Waals surface area contributed by atoms with Gasteiger partial charge in [0.2, 0.25) is 5.91 Å². The topological polar surface area (TPSA) is 119 Å². The average molecular weight is 420 g/mol. The number of nitrogens with one attached hydrogen (secondary N) is 2. The van der Waals surface area contributed by atoms with E-state index in [4.69, 9.17) is 10.00 Å². The number of halogens is 2. The predicted molar refractivity (Wildman–Crippen MR) is 105 cm³/mol. The number of fused-ring (bicyclic) bond motifs is 2. The van der Waals surface area contributed by atoms with Crippen molar-refractivity contribution in [3.63, 3.8) is 0 Å². The number of hydrogen-bond donors (Lipinski definition) is 2. The van der Waals surface area contributed by atoms with E-state index < -0.39 is 29.1 Å². The zero-order valence-electron chi connectivity index (χ0n) is 16.2. The van der Waals surface area contributed by atoms with Crippen molar-refractivity contribution in [1.82, 2.24) is 10.3 Å². The summed E-state index contributed by atoms with van der Waals surface area (Å²) in [6.07, 6.45) is -0.359. The van der Waals surface area contributed by atoms with E-state index in [-0.39, 0.29) is 51.9 Å². The van der Waals surface area contributed by atoms with Crippen LogP contribution in [0.5, 0.6) is 5.75 Å². The van der Waals surface area contributed by atoms with Crippen molar-refractivity contribution in [2.75, 3.05) is 6.61 Å². The summed E-state index contributed by atoms with van der Waals surface area (Å²) < 4.78 is 33.8. The monoisotopic (exact) mass is 420 g/mol. The first-order valence-electron chi connectivity index (χ1n) is 9.23. The highest BCUT2D eigenvalue weighted by atomic mass is 19.1. The minimum atomic E-state index is -0.790. The summed E-state index contributed by atoms with van der Waals surface area (Å²) in [6, 6.07) is 7.72. The number of nitrogens with zero attached hydrogens (tertiary/aromatic N) is 2. The highest BCUT2D eigenvalue weighted by Gasteiger charge is 2.30. The van der Waals surface area contributed by atoms with E-state index in [9.17, 15) is 23.6 Å². The van der Waals surface area contributed by atoms with Crippen LogP contribution in [0.25, 0.3) is 10.9 Å². The van der Waals surface area contributed by atoms with Crippen LogP contribution in [-0.4, -0.2) is 17.5 Å². The summed E-state index contributed by atoms with van der Waals surface area (Å²) in [5.41, 5.74) is 0.153. The third kappa shape index (κ3) is 3.36. The lowest BCUT2D eigenvalue weighted by Gasteiger charge is -2.14. The molecule has 7 nitrogen and oxygen atoms in total. The average Bonchev–Trinajstić information content (AvgIpc) is 3.14. The van der Waals surface area contributed by atoms with Crippen LogP contribution in [0.15, 0.2) is 29.1 Å². The Bertz CT molecular complexity index is 1400. The van der Waals surface area contributed by atoms with Crippen LogP contribution in [0, 0.1) is 41.2 Å². The van der Waals surface area contributed by atoms with Gasteiger partial charge in [-0.1, -0.05) is 0 Å². The molecule has 2 N–H and O–H groups in total. The van der Waals surface area contributed by atoms with E-state index in [1.807, 2.05) is 6.07 Å². The van der Waals surface area contributed by atoms with E-state index in [1.165, 1.54) is 19.1 Å². The van der Waals surface area contributed by atoms with Gasteiger partial charge in [0.25, 0.3) is 5.56 Å². The fourth-order valence-electron chi connectivity index (χ4n) is 3.80. The molecule has 1 aromatic heterocycles. The minimum absolute atomic E-state index is 0.0241. The molecule has 31 heavy (non-hydrogen) atoms. The minimum Gasteiger partial charge on any atom is -0.491 e. The molecule has 9 heteroatoms. The van der Waals surface area contributed by atoms with Crippen molar-refractivity contribution in [3.8, 4) is 17.9 Å². The van der Waals surface area contributed by atoms with Gasteiger partial charge < -0.3 is 15.0 Å². The number of nitriles is 2. The van der Waals surface area contributed by atoms with E-state index in [0.717, 1.165) is 12.1 Å². The van der Waals surface area contributed by atoms with Gasteiger partial charge in [-0.25, -0.2) is 8.78 Å². The molecule has 154 valence electrons. The lowest BCUT2D eigenvalue weighted by Crippen LogP contribution is -2.33. The summed E-state index contributed by atoms with van der Waals surface area (Å²) in [6.45, 7) is 1.52. The normalized spacial score (nSPS) is 14.4. The fourth-order valence-corrected chi connectivity index (χ4v) is 3.80. The van der Waals surface area contributed by atoms with Crippen LogP contribution < -0.4 is 15.6 Å². The first-order chi connectivity index (χ1) is 14.8. The molecular weight excluding hydrogens is 406 g/mol. The number of ether oxygens (including phenoxy) is 1. The Kier molecular flexibility index (Phi) is 4.88. The van der Waals surface area contributed by atoms with Gasteiger partial charge in [0.15, 0.2) is 0 Å². The maximum absolute atomic E-state index is 14.4. The second-order valence-corrected chi connectivity index (χ2v) is 7.10. The van der Waals surface area contributed by atoms with Gasteiger partial charge in [-0.15, -0.1) is 0 Å². The maximum Gasteiger partial charge on any atom is 0.252 e. The van der Waals surface area contributed by atoms with E-state index >= 15 is 0 Å². The summed E-state index contributed by atoms with van der Waals surface area (Å²) >= 11 is 0. The van der Waals surface area contributed by atoms with Gasteiger partial charge >= 0.3 is 0 Å². The standard InChI is InChI=1S/C22H14F2N4O3/c1-10-12(22(30)28-16-3-2-14(23)13(8-26)20(10)16)6-19(29)27-17-9-31-18-5-11(7-25)4-15(24)21(17)18/h2-5,17H,6,9H2,1H3,(H,27,29)(H,28,30)/t17-/m1/s1.